The topological polar surface area (TPSA) is 37.3 Å². The lowest BCUT2D eigenvalue weighted by Crippen LogP contribution is -2.08. The summed E-state index contributed by atoms with van der Waals surface area (Å²) >= 11 is 0. The SMILES string of the molecule is CCCCCCCCCCCCCCC(C)C(=O)O.Cl. The first kappa shape index (κ1) is 22.0. The molecule has 1 atom stereocenters. The van der Waals surface area contributed by atoms with E-state index < -0.39 is 5.97 Å². The van der Waals surface area contributed by atoms with Gasteiger partial charge in [-0.05, 0) is 6.42 Å². The van der Waals surface area contributed by atoms with Crippen LogP contribution in [0.15, 0.2) is 0 Å². The number of halogens is 1. The van der Waals surface area contributed by atoms with Gasteiger partial charge in [0.2, 0.25) is 0 Å². The zero-order chi connectivity index (χ0) is 14.3. The largest absolute Gasteiger partial charge is 0.481 e. The van der Waals surface area contributed by atoms with Crippen molar-refractivity contribution in [2.24, 2.45) is 5.92 Å². The molecule has 20 heavy (non-hydrogen) atoms. The first-order valence-corrected chi connectivity index (χ1v) is 8.41. The van der Waals surface area contributed by atoms with Crippen LogP contribution < -0.4 is 0 Å². The number of rotatable bonds is 14. The number of hydrogen-bond acceptors (Lipinski definition) is 1. The van der Waals surface area contributed by atoms with E-state index in [0.717, 1.165) is 12.8 Å². The van der Waals surface area contributed by atoms with Gasteiger partial charge in [-0.1, -0.05) is 90.9 Å². The standard InChI is InChI=1S/C17H34O2.ClH/c1-3-4-5-6-7-8-9-10-11-12-13-14-15-16(2)17(18)19;/h16H,3-15H2,1-2H3,(H,18,19);1H. The van der Waals surface area contributed by atoms with Gasteiger partial charge in [-0.2, -0.15) is 0 Å². The van der Waals surface area contributed by atoms with Gasteiger partial charge in [-0.15, -0.1) is 12.4 Å². The summed E-state index contributed by atoms with van der Waals surface area (Å²) in [4.78, 5) is 10.6. The van der Waals surface area contributed by atoms with Crippen LogP contribution in [0.1, 0.15) is 97.3 Å². The summed E-state index contributed by atoms with van der Waals surface area (Å²) in [5, 5.41) is 8.76. The quantitative estimate of drug-likeness (QED) is 0.387. The van der Waals surface area contributed by atoms with Crippen LogP contribution in [0.4, 0.5) is 0 Å². The fraction of sp³-hybridized carbons (Fsp3) is 0.941. The molecular weight excluding hydrogens is 272 g/mol. The Bertz CT molecular complexity index is 207. The van der Waals surface area contributed by atoms with Crippen LogP contribution in [0.3, 0.4) is 0 Å². The summed E-state index contributed by atoms with van der Waals surface area (Å²) in [6.07, 6.45) is 16.9. The molecule has 0 amide bonds. The molecule has 2 nitrogen and oxygen atoms in total. The van der Waals surface area contributed by atoms with Gasteiger partial charge in [0.25, 0.3) is 0 Å². The van der Waals surface area contributed by atoms with E-state index in [9.17, 15) is 4.79 Å². The molecule has 1 N–H and O–H groups in total. The van der Waals surface area contributed by atoms with Crippen LogP contribution >= 0.6 is 12.4 Å². The highest BCUT2D eigenvalue weighted by Crippen LogP contribution is 2.14. The van der Waals surface area contributed by atoms with Gasteiger partial charge in [0.15, 0.2) is 0 Å². The van der Waals surface area contributed by atoms with Crippen LogP contribution in [0.5, 0.6) is 0 Å². The lowest BCUT2D eigenvalue weighted by Gasteiger charge is -2.05. The number of carbonyl (C=O) groups is 1. The molecular formula is C17H35ClO2. The van der Waals surface area contributed by atoms with Crippen LogP contribution in [-0.4, -0.2) is 11.1 Å². The lowest BCUT2D eigenvalue weighted by atomic mass is 10.0. The molecule has 0 heterocycles. The molecule has 0 aliphatic rings. The summed E-state index contributed by atoms with van der Waals surface area (Å²) in [6.45, 7) is 4.07. The highest BCUT2D eigenvalue weighted by Gasteiger charge is 2.09. The molecule has 0 saturated carbocycles. The van der Waals surface area contributed by atoms with Gasteiger partial charge in [-0.25, -0.2) is 0 Å². The highest BCUT2D eigenvalue weighted by molar-refractivity contribution is 5.85. The van der Waals surface area contributed by atoms with Crippen LogP contribution in [0.25, 0.3) is 0 Å². The Hall–Kier alpha value is -0.240. The Labute approximate surface area is 132 Å². The van der Waals surface area contributed by atoms with Crippen LogP contribution in [-0.2, 0) is 4.79 Å². The van der Waals surface area contributed by atoms with Gasteiger partial charge in [0.05, 0.1) is 5.92 Å². The lowest BCUT2D eigenvalue weighted by molar-refractivity contribution is -0.141. The van der Waals surface area contributed by atoms with Gasteiger partial charge in [0, 0.05) is 0 Å². The van der Waals surface area contributed by atoms with E-state index >= 15 is 0 Å². The molecule has 122 valence electrons. The van der Waals surface area contributed by atoms with Crippen molar-refractivity contribution in [1.29, 1.82) is 0 Å². The fourth-order valence-corrected chi connectivity index (χ4v) is 2.41. The second-order valence-corrected chi connectivity index (χ2v) is 5.92. The summed E-state index contributed by atoms with van der Waals surface area (Å²) in [5.74, 6) is -0.814. The number of unbranched alkanes of at least 4 members (excludes halogenated alkanes) is 11. The second-order valence-electron chi connectivity index (χ2n) is 5.92. The van der Waals surface area contributed by atoms with Crippen molar-refractivity contribution in [2.75, 3.05) is 0 Å². The molecule has 0 aliphatic heterocycles. The average molecular weight is 307 g/mol. The van der Waals surface area contributed by atoms with Crippen molar-refractivity contribution in [3.63, 3.8) is 0 Å². The molecule has 3 heteroatoms. The van der Waals surface area contributed by atoms with E-state index in [1.54, 1.807) is 6.92 Å². The zero-order valence-electron chi connectivity index (χ0n) is 13.5. The first-order chi connectivity index (χ1) is 9.18. The van der Waals surface area contributed by atoms with Crippen molar-refractivity contribution >= 4 is 18.4 Å². The van der Waals surface area contributed by atoms with E-state index in [2.05, 4.69) is 6.92 Å². The highest BCUT2D eigenvalue weighted by atomic mass is 35.5. The van der Waals surface area contributed by atoms with E-state index in [-0.39, 0.29) is 18.3 Å². The molecule has 0 fully saturated rings. The third-order valence-electron chi connectivity index (χ3n) is 3.91. The molecule has 0 spiro atoms. The van der Waals surface area contributed by atoms with Crippen molar-refractivity contribution in [1.82, 2.24) is 0 Å². The minimum absolute atomic E-state index is 0. The zero-order valence-corrected chi connectivity index (χ0v) is 14.3. The molecule has 0 radical (unpaired) electrons. The van der Waals surface area contributed by atoms with Crippen LogP contribution in [0.2, 0.25) is 0 Å². The van der Waals surface area contributed by atoms with E-state index in [1.807, 2.05) is 0 Å². The Morgan fingerprint density at radius 1 is 0.800 bits per heavy atom. The monoisotopic (exact) mass is 306 g/mol. The number of carboxylic acids is 1. The maximum Gasteiger partial charge on any atom is 0.306 e. The molecule has 1 unspecified atom stereocenters. The number of aliphatic carboxylic acids is 1. The molecule has 0 aromatic carbocycles. The van der Waals surface area contributed by atoms with Crippen molar-refractivity contribution in [2.45, 2.75) is 97.3 Å². The molecule has 0 rings (SSSR count). The Morgan fingerprint density at radius 3 is 1.50 bits per heavy atom. The minimum Gasteiger partial charge on any atom is -0.481 e. The second kappa shape index (κ2) is 16.8. The molecule has 0 aromatic rings. The maximum absolute atomic E-state index is 10.6. The predicted molar refractivity (Wildman–Crippen MR) is 89.7 cm³/mol. The van der Waals surface area contributed by atoms with E-state index in [4.69, 9.17) is 5.11 Å². The predicted octanol–water partition coefficient (Wildman–Crippen LogP) is 6.22. The van der Waals surface area contributed by atoms with Gasteiger partial charge in [-0.3, -0.25) is 4.79 Å². The molecule has 0 aliphatic carbocycles. The Balaban J connectivity index is 0. The molecule has 0 bridgehead atoms. The fourth-order valence-electron chi connectivity index (χ4n) is 2.41. The summed E-state index contributed by atoms with van der Waals surface area (Å²) in [6, 6.07) is 0. The number of carboxylic acid groups (broad SMARTS) is 1. The summed E-state index contributed by atoms with van der Waals surface area (Å²) in [5.41, 5.74) is 0. The van der Waals surface area contributed by atoms with E-state index in [1.165, 1.54) is 70.6 Å². The van der Waals surface area contributed by atoms with Crippen molar-refractivity contribution in [3.05, 3.63) is 0 Å². The van der Waals surface area contributed by atoms with Gasteiger partial charge in [0.1, 0.15) is 0 Å². The van der Waals surface area contributed by atoms with Crippen molar-refractivity contribution in [3.8, 4) is 0 Å². The maximum atomic E-state index is 10.6. The van der Waals surface area contributed by atoms with Gasteiger partial charge >= 0.3 is 5.97 Å². The Morgan fingerprint density at radius 2 is 1.15 bits per heavy atom. The van der Waals surface area contributed by atoms with E-state index in [0.29, 0.717) is 0 Å². The third kappa shape index (κ3) is 15.8. The Kier molecular flexibility index (Phi) is 18.5. The van der Waals surface area contributed by atoms with Gasteiger partial charge < -0.3 is 5.11 Å². The average Bonchev–Trinajstić information content (AvgIpc) is 2.39. The third-order valence-corrected chi connectivity index (χ3v) is 3.91. The number of hydrogen-bond donors (Lipinski definition) is 1. The normalized spacial score (nSPS) is 11.9. The summed E-state index contributed by atoms with van der Waals surface area (Å²) in [7, 11) is 0. The minimum atomic E-state index is -0.650. The summed E-state index contributed by atoms with van der Waals surface area (Å²) < 4.78 is 0. The van der Waals surface area contributed by atoms with Crippen molar-refractivity contribution < 1.29 is 9.90 Å². The van der Waals surface area contributed by atoms with Crippen LogP contribution in [0, 0.1) is 5.92 Å². The smallest absolute Gasteiger partial charge is 0.306 e. The first-order valence-electron chi connectivity index (χ1n) is 8.41. The molecule has 0 aromatic heterocycles. The molecule has 0 saturated heterocycles.